The first-order chi connectivity index (χ1) is 11.6. The Labute approximate surface area is 139 Å². The van der Waals surface area contributed by atoms with E-state index in [2.05, 4.69) is 10.5 Å². The van der Waals surface area contributed by atoms with E-state index < -0.39 is 12.1 Å². The fraction of sp³-hybridized carbons (Fsp3) is 0.167. The second kappa shape index (κ2) is 6.95. The number of nitrogens with zero attached hydrogens (tertiary/aromatic N) is 1. The molecule has 0 spiro atoms. The number of amides is 1. The van der Waals surface area contributed by atoms with Crippen molar-refractivity contribution < 1.29 is 19.2 Å². The van der Waals surface area contributed by atoms with Crippen LogP contribution in [0, 0.1) is 0 Å². The van der Waals surface area contributed by atoms with E-state index in [0.29, 0.717) is 23.6 Å². The van der Waals surface area contributed by atoms with Crippen LogP contribution in [0.2, 0.25) is 0 Å². The zero-order chi connectivity index (χ0) is 16.9. The summed E-state index contributed by atoms with van der Waals surface area (Å²) in [5, 5.41) is 6.66. The molecule has 0 bridgehead atoms. The largest absolute Gasteiger partial charge is 0.424 e. The Morgan fingerprint density at radius 3 is 2.50 bits per heavy atom. The predicted octanol–water partition coefficient (Wildman–Crippen LogP) is 2.74. The van der Waals surface area contributed by atoms with Crippen LogP contribution in [0.15, 0.2) is 59.8 Å². The summed E-state index contributed by atoms with van der Waals surface area (Å²) in [6, 6.07) is 16.0. The highest BCUT2D eigenvalue weighted by molar-refractivity contribution is 6.04. The molecule has 0 saturated heterocycles. The van der Waals surface area contributed by atoms with E-state index in [4.69, 9.17) is 9.57 Å². The Morgan fingerprint density at radius 1 is 1.12 bits per heavy atom. The minimum absolute atomic E-state index is 0.131. The van der Waals surface area contributed by atoms with Crippen LogP contribution in [0.4, 0.5) is 5.69 Å². The van der Waals surface area contributed by atoms with Gasteiger partial charge in [0.05, 0.1) is 5.71 Å². The molecule has 122 valence electrons. The number of hydrogen-bond acceptors (Lipinski definition) is 5. The average molecular weight is 324 g/mol. The Bertz CT molecular complexity index is 769. The highest BCUT2D eigenvalue weighted by atomic mass is 16.7. The van der Waals surface area contributed by atoms with E-state index in [0.717, 1.165) is 5.56 Å². The quantitative estimate of drug-likeness (QED) is 0.693. The molecule has 0 aromatic heterocycles. The summed E-state index contributed by atoms with van der Waals surface area (Å²) in [4.78, 5) is 28.3. The third-order valence-electron chi connectivity index (χ3n) is 3.43. The Kier molecular flexibility index (Phi) is 4.56. The van der Waals surface area contributed by atoms with Crippen LogP contribution < -0.4 is 10.1 Å². The zero-order valence-corrected chi connectivity index (χ0v) is 13.1. The van der Waals surface area contributed by atoms with E-state index in [-0.39, 0.29) is 5.91 Å². The van der Waals surface area contributed by atoms with Gasteiger partial charge in [0, 0.05) is 19.0 Å². The van der Waals surface area contributed by atoms with Gasteiger partial charge in [-0.2, -0.15) is 0 Å². The van der Waals surface area contributed by atoms with Crippen molar-refractivity contribution in [1.82, 2.24) is 0 Å². The summed E-state index contributed by atoms with van der Waals surface area (Å²) in [5.41, 5.74) is 2.20. The molecule has 2 aromatic carbocycles. The van der Waals surface area contributed by atoms with Crippen molar-refractivity contribution in [2.24, 2.45) is 5.16 Å². The highest BCUT2D eigenvalue weighted by Crippen LogP contribution is 2.20. The molecule has 1 amide bonds. The first-order valence-electron chi connectivity index (χ1n) is 7.49. The van der Waals surface area contributed by atoms with Crippen molar-refractivity contribution in [2.75, 3.05) is 5.32 Å². The van der Waals surface area contributed by atoms with Gasteiger partial charge in [0.15, 0.2) is 0 Å². The minimum atomic E-state index is -0.754. The summed E-state index contributed by atoms with van der Waals surface area (Å²) in [5.74, 6) is -0.137. The van der Waals surface area contributed by atoms with Crippen LogP contribution in [-0.4, -0.2) is 23.7 Å². The first kappa shape index (κ1) is 15.7. The summed E-state index contributed by atoms with van der Waals surface area (Å²) in [6.07, 6.45) is -0.416. The van der Waals surface area contributed by atoms with Crippen LogP contribution in [0.25, 0.3) is 0 Å². The van der Waals surface area contributed by atoms with Crippen molar-refractivity contribution in [2.45, 2.75) is 19.4 Å². The van der Waals surface area contributed by atoms with Gasteiger partial charge in [-0.05, 0) is 29.8 Å². The Morgan fingerprint density at radius 2 is 1.83 bits per heavy atom. The fourth-order valence-electron chi connectivity index (χ4n) is 2.29. The lowest BCUT2D eigenvalue weighted by atomic mass is 10.0. The number of esters is 1. The van der Waals surface area contributed by atoms with Crippen molar-refractivity contribution in [3.63, 3.8) is 0 Å². The number of benzene rings is 2. The number of carbonyl (C=O) groups is 2. The second-order valence-electron chi connectivity index (χ2n) is 5.33. The SMILES string of the molecule is CC(=O)Nc1ccc(C2=NOC(C(=O)Oc3ccccc3)C2)cc1. The molecule has 1 N–H and O–H groups in total. The topological polar surface area (TPSA) is 77.0 Å². The van der Waals surface area contributed by atoms with Gasteiger partial charge in [0.1, 0.15) is 5.75 Å². The summed E-state index contributed by atoms with van der Waals surface area (Å²) in [6.45, 7) is 1.45. The Balaban J connectivity index is 1.60. The summed E-state index contributed by atoms with van der Waals surface area (Å²) >= 11 is 0. The molecule has 0 radical (unpaired) electrons. The van der Waals surface area contributed by atoms with Crippen LogP contribution >= 0.6 is 0 Å². The number of hydrogen-bond donors (Lipinski definition) is 1. The molecule has 1 heterocycles. The molecular formula is C18H16N2O4. The van der Waals surface area contributed by atoms with Crippen LogP contribution in [0.5, 0.6) is 5.75 Å². The molecule has 24 heavy (non-hydrogen) atoms. The number of para-hydroxylation sites is 1. The van der Waals surface area contributed by atoms with Gasteiger partial charge in [0.25, 0.3) is 0 Å². The van der Waals surface area contributed by atoms with Crippen LogP contribution in [0.3, 0.4) is 0 Å². The maximum atomic E-state index is 12.1. The number of carbonyl (C=O) groups excluding carboxylic acids is 2. The van der Waals surface area contributed by atoms with Gasteiger partial charge < -0.3 is 14.9 Å². The minimum Gasteiger partial charge on any atom is -0.424 e. The summed E-state index contributed by atoms with van der Waals surface area (Å²) in [7, 11) is 0. The maximum Gasteiger partial charge on any atom is 0.356 e. The number of anilines is 1. The smallest absolute Gasteiger partial charge is 0.356 e. The standard InChI is InChI=1S/C18H16N2O4/c1-12(21)19-14-9-7-13(8-10-14)16-11-17(24-20-16)18(22)23-15-5-3-2-4-6-15/h2-10,17H,11H2,1H3,(H,19,21). The lowest BCUT2D eigenvalue weighted by Gasteiger charge is -2.08. The van der Waals surface area contributed by atoms with E-state index in [1.165, 1.54) is 6.92 Å². The van der Waals surface area contributed by atoms with Gasteiger partial charge in [-0.1, -0.05) is 35.5 Å². The third-order valence-corrected chi connectivity index (χ3v) is 3.43. The highest BCUT2D eigenvalue weighted by Gasteiger charge is 2.30. The first-order valence-corrected chi connectivity index (χ1v) is 7.49. The molecule has 1 unspecified atom stereocenters. The van der Waals surface area contributed by atoms with E-state index in [9.17, 15) is 9.59 Å². The Hall–Kier alpha value is -3.15. The number of ether oxygens (including phenoxy) is 1. The van der Waals surface area contributed by atoms with E-state index >= 15 is 0 Å². The van der Waals surface area contributed by atoms with Crippen molar-refractivity contribution in [3.8, 4) is 5.75 Å². The lowest BCUT2D eigenvalue weighted by molar-refractivity contribution is -0.145. The summed E-state index contributed by atoms with van der Waals surface area (Å²) < 4.78 is 5.26. The van der Waals surface area contributed by atoms with Crippen molar-refractivity contribution in [3.05, 3.63) is 60.2 Å². The zero-order valence-electron chi connectivity index (χ0n) is 13.1. The molecule has 6 heteroatoms. The normalized spacial score (nSPS) is 16.0. The van der Waals surface area contributed by atoms with Gasteiger partial charge in [-0.25, -0.2) is 4.79 Å². The van der Waals surface area contributed by atoms with E-state index in [1.807, 2.05) is 18.2 Å². The van der Waals surface area contributed by atoms with Crippen molar-refractivity contribution >= 4 is 23.3 Å². The molecule has 1 aliphatic heterocycles. The van der Waals surface area contributed by atoms with Crippen LogP contribution in [-0.2, 0) is 14.4 Å². The van der Waals surface area contributed by atoms with Crippen molar-refractivity contribution in [1.29, 1.82) is 0 Å². The molecular weight excluding hydrogens is 308 g/mol. The molecule has 0 saturated carbocycles. The van der Waals surface area contributed by atoms with Gasteiger partial charge in [-0.3, -0.25) is 4.79 Å². The molecule has 6 nitrogen and oxygen atoms in total. The number of oxime groups is 1. The molecule has 3 rings (SSSR count). The monoisotopic (exact) mass is 324 g/mol. The maximum absolute atomic E-state index is 12.1. The third kappa shape index (κ3) is 3.78. The van der Waals surface area contributed by atoms with Gasteiger partial charge in [-0.15, -0.1) is 0 Å². The second-order valence-corrected chi connectivity index (χ2v) is 5.33. The molecule has 1 atom stereocenters. The molecule has 0 aliphatic carbocycles. The predicted molar refractivity (Wildman–Crippen MR) is 88.8 cm³/mol. The van der Waals surface area contributed by atoms with Crippen LogP contribution in [0.1, 0.15) is 18.9 Å². The lowest BCUT2D eigenvalue weighted by Crippen LogP contribution is -2.26. The molecule has 2 aromatic rings. The molecule has 0 fully saturated rings. The number of rotatable bonds is 4. The fourth-order valence-corrected chi connectivity index (χ4v) is 2.29. The molecule has 1 aliphatic rings. The number of nitrogens with one attached hydrogen (secondary N) is 1. The van der Waals surface area contributed by atoms with E-state index in [1.54, 1.807) is 36.4 Å². The van der Waals surface area contributed by atoms with Gasteiger partial charge >= 0.3 is 5.97 Å². The van der Waals surface area contributed by atoms with Gasteiger partial charge in [0.2, 0.25) is 12.0 Å². The average Bonchev–Trinajstić information content (AvgIpc) is 3.06.